The molecule has 1 amide bonds. The van der Waals surface area contributed by atoms with Crippen LogP contribution in [0.1, 0.15) is 29.5 Å². The summed E-state index contributed by atoms with van der Waals surface area (Å²) >= 11 is 0. The molecule has 108 valence electrons. The normalized spacial score (nSPS) is 11.0. The number of halogens is 1. The minimum absolute atomic E-state index is 0.230. The zero-order valence-corrected chi connectivity index (χ0v) is 11.3. The van der Waals surface area contributed by atoms with Crippen LogP contribution in [0.25, 0.3) is 5.65 Å². The minimum Gasteiger partial charge on any atom is -0.292 e. The van der Waals surface area contributed by atoms with Gasteiger partial charge in [0.1, 0.15) is 23.5 Å². The maximum atomic E-state index is 13.4. The fraction of sp³-hybridized carbons (Fsp3) is 0.231. The number of pyridine rings is 1. The maximum Gasteiger partial charge on any atom is 0.276 e. The van der Waals surface area contributed by atoms with Crippen molar-refractivity contribution >= 4 is 17.5 Å². The Bertz CT molecular complexity index is 779. The van der Waals surface area contributed by atoms with Gasteiger partial charge in [0.15, 0.2) is 0 Å². The van der Waals surface area contributed by atoms with Crippen LogP contribution in [0.4, 0.5) is 10.3 Å². The molecule has 0 fully saturated rings. The standard InChI is InChI=1S/C13H13FN6O/c1-2-3-9-11(12(21)18-13-15-7-16-19-13)20-6-8(14)4-5-10(20)17-9/h4-7H,2-3H2,1H3,(H2,15,16,18,19,21). The highest BCUT2D eigenvalue weighted by atomic mass is 19.1. The molecule has 7 nitrogen and oxygen atoms in total. The van der Waals surface area contributed by atoms with Crippen LogP contribution in [0.2, 0.25) is 0 Å². The molecule has 0 aliphatic heterocycles. The fourth-order valence-corrected chi connectivity index (χ4v) is 2.15. The largest absolute Gasteiger partial charge is 0.292 e. The Labute approximate surface area is 119 Å². The number of hydrogen-bond acceptors (Lipinski definition) is 4. The van der Waals surface area contributed by atoms with Crippen molar-refractivity contribution < 1.29 is 9.18 Å². The van der Waals surface area contributed by atoms with Crippen molar-refractivity contribution in [1.82, 2.24) is 24.6 Å². The molecule has 3 heterocycles. The SMILES string of the molecule is CCCc1nc2ccc(F)cn2c1C(=O)Nc1ncn[nH]1. The van der Waals surface area contributed by atoms with E-state index in [2.05, 4.69) is 25.5 Å². The number of imidazole rings is 1. The summed E-state index contributed by atoms with van der Waals surface area (Å²) in [5.41, 5.74) is 1.46. The van der Waals surface area contributed by atoms with Crippen LogP contribution in [0.5, 0.6) is 0 Å². The predicted octanol–water partition coefficient (Wildman–Crippen LogP) is 1.80. The minimum atomic E-state index is -0.434. The summed E-state index contributed by atoms with van der Waals surface area (Å²) in [5.74, 6) is -0.612. The lowest BCUT2D eigenvalue weighted by Gasteiger charge is -2.04. The first-order valence-electron chi connectivity index (χ1n) is 6.52. The van der Waals surface area contributed by atoms with Gasteiger partial charge < -0.3 is 0 Å². The molecule has 0 atom stereocenters. The van der Waals surface area contributed by atoms with Crippen LogP contribution in [0.3, 0.4) is 0 Å². The molecule has 0 saturated carbocycles. The van der Waals surface area contributed by atoms with Gasteiger partial charge in [0.05, 0.1) is 5.69 Å². The summed E-state index contributed by atoms with van der Waals surface area (Å²) < 4.78 is 14.9. The van der Waals surface area contributed by atoms with Crippen molar-refractivity contribution in [2.45, 2.75) is 19.8 Å². The molecule has 0 aliphatic carbocycles. The third-order valence-electron chi connectivity index (χ3n) is 3.00. The number of hydrogen-bond donors (Lipinski definition) is 2. The fourth-order valence-electron chi connectivity index (χ4n) is 2.15. The zero-order valence-electron chi connectivity index (χ0n) is 11.3. The molecular formula is C13H13FN6O. The molecule has 0 aliphatic rings. The highest BCUT2D eigenvalue weighted by Crippen LogP contribution is 2.16. The van der Waals surface area contributed by atoms with E-state index in [0.29, 0.717) is 23.5 Å². The number of carbonyl (C=O) groups excluding carboxylic acids is 1. The zero-order chi connectivity index (χ0) is 14.8. The molecule has 0 unspecified atom stereocenters. The van der Waals surface area contributed by atoms with Gasteiger partial charge in [-0.25, -0.2) is 14.5 Å². The lowest BCUT2D eigenvalue weighted by atomic mass is 10.2. The van der Waals surface area contributed by atoms with Gasteiger partial charge in [-0.2, -0.15) is 10.1 Å². The van der Waals surface area contributed by atoms with E-state index in [1.807, 2.05) is 6.92 Å². The number of nitrogens with one attached hydrogen (secondary N) is 2. The first-order valence-corrected chi connectivity index (χ1v) is 6.52. The molecule has 0 spiro atoms. The monoisotopic (exact) mass is 288 g/mol. The van der Waals surface area contributed by atoms with Gasteiger partial charge in [0.2, 0.25) is 5.95 Å². The number of aromatic amines is 1. The average molecular weight is 288 g/mol. The quantitative estimate of drug-likeness (QED) is 0.766. The Balaban J connectivity index is 2.07. The maximum absolute atomic E-state index is 13.4. The average Bonchev–Trinajstić information content (AvgIpc) is 3.06. The molecule has 0 aromatic carbocycles. The van der Waals surface area contributed by atoms with E-state index in [-0.39, 0.29) is 5.95 Å². The lowest BCUT2D eigenvalue weighted by Crippen LogP contribution is -2.17. The number of aromatic nitrogens is 5. The van der Waals surface area contributed by atoms with Gasteiger partial charge in [-0.1, -0.05) is 13.3 Å². The second kappa shape index (κ2) is 5.31. The number of H-pyrrole nitrogens is 1. The second-order valence-corrected chi connectivity index (χ2v) is 4.52. The molecule has 3 aromatic heterocycles. The Morgan fingerprint density at radius 2 is 2.33 bits per heavy atom. The number of nitrogens with zero attached hydrogens (tertiary/aromatic N) is 4. The molecule has 3 rings (SSSR count). The molecule has 8 heteroatoms. The van der Waals surface area contributed by atoms with Crippen LogP contribution in [0.15, 0.2) is 24.7 Å². The smallest absolute Gasteiger partial charge is 0.276 e. The Kier molecular flexibility index (Phi) is 3.35. The third kappa shape index (κ3) is 2.47. The van der Waals surface area contributed by atoms with E-state index in [1.54, 1.807) is 6.07 Å². The first-order chi connectivity index (χ1) is 10.2. The van der Waals surface area contributed by atoms with Crippen LogP contribution in [-0.2, 0) is 6.42 Å². The van der Waals surface area contributed by atoms with Gasteiger partial charge in [-0.3, -0.25) is 14.5 Å². The molecule has 0 bridgehead atoms. The van der Waals surface area contributed by atoms with Crippen molar-refractivity contribution in [3.63, 3.8) is 0 Å². The van der Waals surface area contributed by atoms with Crippen molar-refractivity contribution in [3.8, 4) is 0 Å². The van der Waals surface area contributed by atoms with Crippen LogP contribution < -0.4 is 5.32 Å². The Hall–Kier alpha value is -2.77. The van der Waals surface area contributed by atoms with Crippen molar-refractivity contribution in [1.29, 1.82) is 0 Å². The van der Waals surface area contributed by atoms with Crippen molar-refractivity contribution in [2.24, 2.45) is 0 Å². The lowest BCUT2D eigenvalue weighted by molar-refractivity contribution is 0.101. The van der Waals surface area contributed by atoms with Crippen molar-refractivity contribution in [2.75, 3.05) is 5.32 Å². The number of carbonyl (C=O) groups is 1. The van der Waals surface area contributed by atoms with Gasteiger partial charge in [-0.05, 0) is 18.6 Å². The Morgan fingerprint density at radius 1 is 1.48 bits per heavy atom. The third-order valence-corrected chi connectivity index (χ3v) is 3.00. The van der Waals surface area contributed by atoms with Gasteiger partial charge in [-0.15, -0.1) is 0 Å². The van der Waals surface area contributed by atoms with E-state index >= 15 is 0 Å². The highest BCUT2D eigenvalue weighted by Gasteiger charge is 2.20. The molecule has 0 saturated heterocycles. The number of fused-ring (bicyclic) bond motifs is 1. The number of anilines is 1. The van der Waals surface area contributed by atoms with Crippen LogP contribution >= 0.6 is 0 Å². The molecular weight excluding hydrogens is 275 g/mol. The number of rotatable bonds is 4. The van der Waals surface area contributed by atoms with E-state index < -0.39 is 11.7 Å². The van der Waals surface area contributed by atoms with Crippen LogP contribution in [0, 0.1) is 5.82 Å². The van der Waals surface area contributed by atoms with E-state index in [9.17, 15) is 9.18 Å². The molecule has 21 heavy (non-hydrogen) atoms. The van der Waals surface area contributed by atoms with E-state index in [4.69, 9.17) is 0 Å². The summed E-state index contributed by atoms with van der Waals surface area (Å²) in [6.07, 6.45) is 3.99. The summed E-state index contributed by atoms with van der Waals surface area (Å²) in [5, 5.41) is 8.79. The van der Waals surface area contributed by atoms with Gasteiger partial charge in [0, 0.05) is 6.20 Å². The summed E-state index contributed by atoms with van der Waals surface area (Å²) in [6.45, 7) is 1.99. The predicted molar refractivity (Wildman–Crippen MR) is 73.5 cm³/mol. The Morgan fingerprint density at radius 3 is 3.05 bits per heavy atom. The van der Waals surface area contributed by atoms with E-state index in [0.717, 1.165) is 6.42 Å². The van der Waals surface area contributed by atoms with Crippen molar-refractivity contribution in [3.05, 3.63) is 41.9 Å². The topological polar surface area (TPSA) is 88.0 Å². The number of amides is 1. The van der Waals surface area contributed by atoms with E-state index in [1.165, 1.54) is 23.0 Å². The molecule has 3 aromatic rings. The first kappa shape index (κ1) is 13.2. The van der Waals surface area contributed by atoms with Crippen LogP contribution in [-0.4, -0.2) is 30.5 Å². The second-order valence-electron chi connectivity index (χ2n) is 4.52. The summed E-state index contributed by atoms with van der Waals surface area (Å²) in [7, 11) is 0. The summed E-state index contributed by atoms with van der Waals surface area (Å²) in [4.78, 5) is 20.6. The molecule has 0 radical (unpaired) electrons. The van der Waals surface area contributed by atoms with Gasteiger partial charge in [0.25, 0.3) is 5.91 Å². The highest BCUT2D eigenvalue weighted by molar-refractivity contribution is 6.03. The summed E-state index contributed by atoms with van der Waals surface area (Å²) in [6, 6.07) is 2.86. The molecule has 2 N–H and O–H groups in total. The van der Waals surface area contributed by atoms with Gasteiger partial charge >= 0.3 is 0 Å². The number of aryl methyl sites for hydroxylation is 1.